The molecule has 0 saturated carbocycles. The summed E-state index contributed by atoms with van der Waals surface area (Å²) in [6.07, 6.45) is 4.14. The highest BCUT2D eigenvalue weighted by molar-refractivity contribution is 5.73. The van der Waals surface area contributed by atoms with Gasteiger partial charge in [-0.25, -0.2) is 4.98 Å². The number of hydrogen-bond donors (Lipinski definition) is 1. The first-order valence-corrected chi connectivity index (χ1v) is 6.51. The van der Waals surface area contributed by atoms with Crippen molar-refractivity contribution < 1.29 is 0 Å². The molecule has 0 amide bonds. The van der Waals surface area contributed by atoms with Crippen LogP contribution in [-0.2, 0) is 6.54 Å². The number of hydrogen-bond acceptors (Lipinski definition) is 2. The van der Waals surface area contributed by atoms with Gasteiger partial charge < -0.3 is 10.3 Å². The third-order valence-electron chi connectivity index (χ3n) is 3.28. The third-order valence-corrected chi connectivity index (χ3v) is 3.28. The Kier molecular flexibility index (Phi) is 3.70. The maximum absolute atomic E-state index is 6.20. The molecule has 1 aromatic heterocycles. The molecule has 0 aliphatic rings. The molecule has 0 atom stereocenters. The van der Waals surface area contributed by atoms with E-state index >= 15 is 0 Å². The average Bonchev–Trinajstić information content (AvgIpc) is 2.71. The molecule has 0 saturated heterocycles. The zero-order valence-corrected chi connectivity index (χ0v) is 11.4. The van der Waals surface area contributed by atoms with Crippen molar-refractivity contribution in [3.8, 4) is 11.3 Å². The monoisotopic (exact) mass is 243 g/mol. The number of aromatic nitrogens is 2. The first kappa shape index (κ1) is 12.7. The molecule has 0 fully saturated rings. The van der Waals surface area contributed by atoms with E-state index in [4.69, 9.17) is 5.73 Å². The topological polar surface area (TPSA) is 43.8 Å². The lowest BCUT2D eigenvalue weighted by molar-refractivity contribution is 0.637. The number of nitrogen functional groups attached to an aromatic ring is 1. The van der Waals surface area contributed by atoms with Crippen LogP contribution in [0.1, 0.15) is 30.9 Å². The van der Waals surface area contributed by atoms with Crippen molar-refractivity contribution in [3.05, 3.63) is 35.7 Å². The number of unbranched alkanes of at least 4 members (excludes halogenated alkanes) is 1. The number of anilines is 1. The molecule has 0 aliphatic carbocycles. The van der Waals surface area contributed by atoms with Crippen molar-refractivity contribution in [2.75, 3.05) is 5.73 Å². The van der Waals surface area contributed by atoms with Gasteiger partial charge in [0, 0.05) is 12.1 Å². The van der Waals surface area contributed by atoms with Gasteiger partial charge in [-0.05, 0) is 31.9 Å². The molecule has 0 aliphatic heterocycles. The highest BCUT2D eigenvalue weighted by atomic mass is 15.1. The lowest BCUT2D eigenvalue weighted by Gasteiger charge is -2.07. The molecule has 2 aromatic rings. The fraction of sp³-hybridized carbons (Fsp3) is 0.400. The Morgan fingerprint density at radius 2 is 2.06 bits per heavy atom. The van der Waals surface area contributed by atoms with Crippen molar-refractivity contribution in [2.45, 2.75) is 40.2 Å². The molecule has 2 rings (SSSR count). The zero-order chi connectivity index (χ0) is 13.1. The Morgan fingerprint density at radius 3 is 2.78 bits per heavy atom. The lowest BCUT2D eigenvalue weighted by atomic mass is 10.0. The van der Waals surface area contributed by atoms with Crippen LogP contribution < -0.4 is 5.73 Å². The number of benzene rings is 1. The zero-order valence-electron chi connectivity index (χ0n) is 11.4. The molecule has 0 spiro atoms. The summed E-state index contributed by atoms with van der Waals surface area (Å²) in [4.78, 5) is 4.48. The summed E-state index contributed by atoms with van der Waals surface area (Å²) in [6, 6.07) is 6.39. The highest BCUT2D eigenvalue weighted by Crippen LogP contribution is 2.28. The van der Waals surface area contributed by atoms with Crippen molar-refractivity contribution in [1.29, 1.82) is 0 Å². The number of rotatable bonds is 4. The van der Waals surface area contributed by atoms with Crippen molar-refractivity contribution in [2.24, 2.45) is 0 Å². The molecule has 96 valence electrons. The number of nitrogens with two attached hydrogens (primary N) is 1. The van der Waals surface area contributed by atoms with Crippen LogP contribution in [0, 0.1) is 13.8 Å². The molecule has 1 aromatic carbocycles. The summed E-state index contributed by atoms with van der Waals surface area (Å²) < 4.78 is 2.04. The Morgan fingerprint density at radius 1 is 1.28 bits per heavy atom. The standard InChI is InChI=1S/C15H21N3/c1-4-5-8-18-10-17-14(15(18)16)13-9-11(2)6-7-12(13)3/h6-7,9-10H,4-5,8,16H2,1-3H3. The fourth-order valence-electron chi connectivity index (χ4n) is 2.10. The predicted octanol–water partition coefficient (Wildman–Crippen LogP) is 3.55. The minimum Gasteiger partial charge on any atom is -0.383 e. The third kappa shape index (κ3) is 2.40. The van der Waals surface area contributed by atoms with Crippen LogP contribution in [0.3, 0.4) is 0 Å². The summed E-state index contributed by atoms with van der Waals surface area (Å²) >= 11 is 0. The fourth-order valence-corrected chi connectivity index (χ4v) is 2.10. The summed E-state index contributed by atoms with van der Waals surface area (Å²) in [5, 5.41) is 0. The van der Waals surface area contributed by atoms with Crippen molar-refractivity contribution in [1.82, 2.24) is 9.55 Å². The number of imidazole rings is 1. The minimum atomic E-state index is 0.775. The second-order valence-electron chi connectivity index (χ2n) is 4.84. The molecule has 1 heterocycles. The molecule has 3 nitrogen and oxygen atoms in total. The van der Waals surface area contributed by atoms with E-state index in [1.165, 1.54) is 11.1 Å². The second-order valence-corrected chi connectivity index (χ2v) is 4.84. The lowest BCUT2D eigenvalue weighted by Crippen LogP contribution is -2.02. The minimum absolute atomic E-state index is 0.775. The maximum atomic E-state index is 6.20. The van der Waals surface area contributed by atoms with Gasteiger partial charge in [0.25, 0.3) is 0 Å². The normalized spacial score (nSPS) is 10.8. The summed E-state index contributed by atoms with van der Waals surface area (Å²) in [6.45, 7) is 7.31. The molecule has 0 radical (unpaired) electrons. The van der Waals surface area contributed by atoms with Gasteiger partial charge in [-0.3, -0.25) is 0 Å². The quantitative estimate of drug-likeness (QED) is 0.892. The maximum Gasteiger partial charge on any atom is 0.131 e. The van der Waals surface area contributed by atoms with Crippen LogP contribution >= 0.6 is 0 Å². The van der Waals surface area contributed by atoms with E-state index in [-0.39, 0.29) is 0 Å². The van der Waals surface area contributed by atoms with Crippen LogP contribution in [-0.4, -0.2) is 9.55 Å². The smallest absolute Gasteiger partial charge is 0.131 e. The summed E-state index contributed by atoms with van der Waals surface area (Å²) in [5.74, 6) is 0.775. The summed E-state index contributed by atoms with van der Waals surface area (Å²) in [7, 11) is 0. The van der Waals surface area contributed by atoms with Gasteiger partial charge in [0.1, 0.15) is 11.5 Å². The summed E-state index contributed by atoms with van der Waals surface area (Å²) in [5.41, 5.74) is 10.7. The second kappa shape index (κ2) is 5.25. The molecule has 0 unspecified atom stereocenters. The van der Waals surface area contributed by atoms with E-state index < -0.39 is 0 Å². The largest absolute Gasteiger partial charge is 0.383 e. The molecular weight excluding hydrogens is 222 g/mol. The average molecular weight is 243 g/mol. The van der Waals surface area contributed by atoms with Crippen molar-refractivity contribution in [3.63, 3.8) is 0 Å². The van der Waals surface area contributed by atoms with E-state index in [2.05, 4.69) is 44.0 Å². The first-order chi connectivity index (χ1) is 8.63. The van der Waals surface area contributed by atoms with Crippen LogP contribution in [0.4, 0.5) is 5.82 Å². The Bertz CT molecular complexity index is 541. The van der Waals surface area contributed by atoms with Gasteiger partial charge in [0.05, 0.1) is 6.33 Å². The number of nitrogens with zero attached hydrogens (tertiary/aromatic N) is 2. The van der Waals surface area contributed by atoms with E-state index in [1.807, 2.05) is 10.9 Å². The molecule has 0 bridgehead atoms. The van der Waals surface area contributed by atoms with E-state index in [1.54, 1.807) is 0 Å². The Hall–Kier alpha value is -1.77. The SMILES string of the molecule is CCCCn1cnc(-c2cc(C)ccc2C)c1N. The van der Waals surface area contributed by atoms with Gasteiger partial charge in [0.15, 0.2) is 0 Å². The van der Waals surface area contributed by atoms with Crippen LogP contribution in [0.15, 0.2) is 24.5 Å². The van der Waals surface area contributed by atoms with Gasteiger partial charge in [-0.15, -0.1) is 0 Å². The van der Waals surface area contributed by atoms with Gasteiger partial charge in [0.2, 0.25) is 0 Å². The number of aryl methyl sites for hydroxylation is 3. The molecule has 18 heavy (non-hydrogen) atoms. The van der Waals surface area contributed by atoms with Gasteiger partial charge in [-0.1, -0.05) is 31.0 Å². The predicted molar refractivity (Wildman–Crippen MR) is 76.5 cm³/mol. The van der Waals surface area contributed by atoms with Crippen LogP contribution in [0.25, 0.3) is 11.3 Å². The van der Waals surface area contributed by atoms with E-state index in [0.29, 0.717) is 0 Å². The van der Waals surface area contributed by atoms with Crippen LogP contribution in [0.2, 0.25) is 0 Å². The Labute approximate surface area is 109 Å². The molecular formula is C15H21N3. The van der Waals surface area contributed by atoms with Crippen molar-refractivity contribution >= 4 is 5.82 Å². The van der Waals surface area contributed by atoms with E-state index in [9.17, 15) is 0 Å². The Balaban J connectivity index is 2.39. The molecule has 3 heteroatoms. The van der Waals surface area contributed by atoms with Gasteiger partial charge in [-0.2, -0.15) is 0 Å². The molecule has 2 N–H and O–H groups in total. The van der Waals surface area contributed by atoms with Gasteiger partial charge >= 0.3 is 0 Å². The van der Waals surface area contributed by atoms with Crippen LogP contribution in [0.5, 0.6) is 0 Å². The highest BCUT2D eigenvalue weighted by Gasteiger charge is 2.11. The van der Waals surface area contributed by atoms with E-state index in [0.717, 1.165) is 36.5 Å². The first-order valence-electron chi connectivity index (χ1n) is 6.51.